The Morgan fingerprint density at radius 2 is 1.13 bits per heavy atom. The molecule has 0 unspecified atom stereocenters. The summed E-state index contributed by atoms with van der Waals surface area (Å²) in [5, 5.41) is 25.5. The minimum Gasteiger partial charge on any atom is -0.478 e. The lowest BCUT2D eigenvalue weighted by molar-refractivity contribution is 0.0696. The van der Waals surface area contributed by atoms with E-state index in [1.54, 1.807) is 12.1 Å². The number of carbonyl (C=O) groups is 1. The van der Waals surface area contributed by atoms with E-state index < -0.39 is 5.97 Å². The Morgan fingerprint density at radius 1 is 0.783 bits per heavy atom. The van der Waals surface area contributed by atoms with E-state index in [2.05, 4.69) is 20.4 Å². The molecule has 0 saturated heterocycles. The largest absolute Gasteiger partial charge is 0.478 e. The van der Waals surface area contributed by atoms with Gasteiger partial charge in [-0.2, -0.15) is 0 Å². The molecule has 3 rings (SSSR count). The smallest absolute Gasteiger partial charge is 0.335 e. The van der Waals surface area contributed by atoms with E-state index in [1.807, 2.05) is 42.9 Å². The zero-order chi connectivity index (χ0) is 16.7. The molecule has 3 aromatic rings. The number of carboxylic acid groups (broad SMARTS) is 1. The Kier molecular flexibility index (Phi) is 3.44. The van der Waals surface area contributed by atoms with E-state index in [-0.39, 0.29) is 5.56 Å². The van der Waals surface area contributed by atoms with Crippen LogP contribution >= 0.6 is 0 Å². The van der Waals surface area contributed by atoms with Crippen molar-refractivity contribution in [2.24, 2.45) is 0 Å². The SMILES string of the molecule is Cc1nnc(C)n1-c1cc(C(=O)O)cc(-n2c(C)nnc2C)c1. The normalized spacial score (nSPS) is 11.0. The Bertz CT molecular complexity index is 805. The lowest BCUT2D eigenvalue weighted by atomic mass is 10.1. The second kappa shape index (κ2) is 5.31. The third-order valence-electron chi connectivity index (χ3n) is 3.64. The van der Waals surface area contributed by atoms with Gasteiger partial charge in [-0.05, 0) is 45.9 Å². The number of aryl methyl sites for hydroxylation is 4. The van der Waals surface area contributed by atoms with Gasteiger partial charge in [-0.15, -0.1) is 20.4 Å². The van der Waals surface area contributed by atoms with Crippen LogP contribution in [0.1, 0.15) is 33.7 Å². The van der Waals surface area contributed by atoms with Gasteiger partial charge in [0.15, 0.2) is 0 Å². The molecule has 0 bridgehead atoms. The Balaban J connectivity index is 2.29. The summed E-state index contributed by atoms with van der Waals surface area (Å²) in [5.41, 5.74) is 1.55. The summed E-state index contributed by atoms with van der Waals surface area (Å²) in [6, 6.07) is 5.08. The molecule has 0 aliphatic heterocycles. The number of rotatable bonds is 3. The van der Waals surface area contributed by atoms with Crippen LogP contribution in [0, 0.1) is 27.7 Å². The molecule has 0 saturated carbocycles. The van der Waals surface area contributed by atoms with Crippen LogP contribution in [0.5, 0.6) is 0 Å². The van der Waals surface area contributed by atoms with Crippen molar-refractivity contribution in [2.45, 2.75) is 27.7 Å². The van der Waals surface area contributed by atoms with E-state index in [0.29, 0.717) is 34.7 Å². The lowest BCUT2D eigenvalue weighted by Gasteiger charge is -2.13. The monoisotopic (exact) mass is 312 g/mol. The number of aromatic carboxylic acids is 1. The molecular formula is C15H16N6O2. The summed E-state index contributed by atoms with van der Waals surface area (Å²) >= 11 is 0. The van der Waals surface area contributed by atoms with Crippen LogP contribution in [0.2, 0.25) is 0 Å². The van der Waals surface area contributed by atoms with Gasteiger partial charge < -0.3 is 5.11 Å². The summed E-state index contributed by atoms with van der Waals surface area (Å²) in [6.45, 7) is 7.29. The van der Waals surface area contributed by atoms with Crippen LogP contribution in [-0.4, -0.2) is 40.6 Å². The summed E-state index contributed by atoms with van der Waals surface area (Å²) in [4.78, 5) is 11.5. The minimum absolute atomic E-state index is 0.178. The molecule has 0 fully saturated rings. The third kappa shape index (κ3) is 2.48. The van der Waals surface area contributed by atoms with Gasteiger partial charge in [0, 0.05) is 0 Å². The molecule has 118 valence electrons. The lowest BCUT2D eigenvalue weighted by Crippen LogP contribution is -2.07. The molecule has 23 heavy (non-hydrogen) atoms. The highest BCUT2D eigenvalue weighted by molar-refractivity contribution is 5.89. The average Bonchev–Trinajstić information content (AvgIpc) is 3.01. The first kappa shape index (κ1) is 14.9. The first-order chi connectivity index (χ1) is 10.9. The molecule has 8 heteroatoms. The van der Waals surface area contributed by atoms with Crippen molar-refractivity contribution in [2.75, 3.05) is 0 Å². The zero-order valence-electron chi connectivity index (χ0n) is 13.3. The summed E-state index contributed by atoms with van der Waals surface area (Å²) in [7, 11) is 0. The predicted octanol–water partition coefficient (Wildman–Crippen LogP) is 1.78. The van der Waals surface area contributed by atoms with E-state index in [4.69, 9.17) is 0 Å². The Hall–Kier alpha value is -3.03. The van der Waals surface area contributed by atoms with Crippen molar-refractivity contribution in [1.29, 1.82) is 0 Å². The molecule has 0 radical (unpaired) electrons. The quantitative estimate of drug-likeness (QED) is 0.791. The fraction of sp³-hybridized carbons (Fsp3) is 0.267. The first-order valence-corrected chi connectivity index (χ1v) is 7.05. The third-order valence-corrected chi connectivity index (χ3v) is 3.64. The molecule has 1 N–H and O–H groups in total. The van der Waals surface area contributed by atoms with Gasteiger partial charge >= 0.3 is 5.97 Å². The maximum absolute atomic E-state index is 11.5. The van der Waals surface area contributed by atoms with Crippen molar-refractivity contribution >= 4 is 5.97 Å². The van der Waals surface area contributed by atoms with Crippen LogP contribution in [0.4, 0.5) is 0 Å². The van der Waals surface area contributed by atoms with E-state index in [9.17, 15) is 9.90 Å². The van der Waals surface area contributed by atoms with Crippen LogP contribution in [0.25, 0.3) is 11.4 Å². The highest BCUT2D eigenvalue weighted by atomic mass is 16.4. The van der Waals surface area contributed by atoms with Gasteiger partial charge in [-0.1, -0.05) is 0 Å². The van der Waals surface area contributed by atoms with Gasteiger partial charge in [0.25, 0.3) is 0 Å². The maximum Gasteiger partial charge on any atom is 0.335 e. The number of carboxylic acids is 1. The van der Waals surface area contributed by atoms with Crippen molar-refractivity contribution in [3.8, 4) is 11.4 Å². The van der Waals surface area contributed by atoms with Crippen molar-refractivity contribution in [3.63, 3.8) is 0 Å². The molecule has 0 amide bonds. The standard InChI is InChI=1S/C15H16N6O2/c1-8-16-17-9(2)20(8)13-5-12(15(22)23)6-14(7-13)21-10(3)18-19-11(21)4/h5-7H,1-4H3,(H,22,23). The molecule has 2 aromatic heterocycles. The van der Waals surface area contributed by atoms with Crippen LogP contribution in [0.15, 0.2) is 18.2 Å². The number of nitrogens with zero attached hydrogens (tertiary/aromatic N) is 6. The molecule has 8 nitrogen and oxygen atoms in total. The van der Waals surface area contributed by atoms with Crippen molar-refractivity contribution in [1.82, 2.24) is 29.5 Å². The topological polar surface area (TPSA) is 98.7 Å². The van der Waals surface area contributed by atoms with Gasteiger partial charge in [-0.25, -0.2) is 4.79 Å². The van der Waals surface area contributed by atoms with Crippen molar-refractivity contribution in [3.05, 3.63) is 47.1 Å². The zero-order valence-corrected chi connectivity index (χ0v) is 13.3. The Morgan fingerprint density at radius 3 is 1.43 bits per heavy atom. The van der Waals surface area contributed by atoms with Gasteiger partial charge in [-0.3, -0.25) is 9.13 Å². The maximum atomic E-state index is 11.5. The second-order valence-corrected chi connectivity index (χ2v) is 5.30. The highest BCUT2D eigenvalue weighted by Gasteiger charge is 2.15. The van der Waals surface area contributed by atoms with Gasteiger partial charge in [0.05, 0.1) is 16.9 Å². The van der Waals surface area contributed by atoms with Crippen LogP contribution in [0.3, 0.4) is 0 Å². The fourth-order valence-corrected chi connectivity index (χ4v) is 2.66. The van der Waals surface area contributed by atoms with Gasteiger partial charge in [0.2, 0.25) is 0 Å². The fourth-order valence-electron chi connectivity index (χ4n) is 2.66. The summed E-state index contributed by atoms with van der Waals surface area (Å²) < 4.78 is 3.62. The summed E-state index contributed by atoms with van der Waals surface area (Å²) in [6.07, 6.45) is 0. The molecule has 0 atom stereocenters. The van der Waals surface area contributed by atoms with E-state index >= 15 is 0 Å². The Labute approximate surface area is 132 Å². The van der Waals surface area contributed by atoms with E-state index in [1.165, 1.54) is 0 Å². The predicted molar refractivity (Wildman–Crippen MR) is 82.2 cm³/mol. The number of aromatic nitrogens is 6. The van der Waals surface area contributed by atoms with Crippen LogP contribution in [-0.2, 0) is 0 Å². The number of hydrogen-bond acceptors (Lipinski definition) is 5. The van der Waals surface area contributed by atoms with Gasteiger partial charge in [0.1, 0.15) is 23.3 Å². The number of hydrogen-bond donors (Lipinski definition) is 1. The molecule has 0 aliphatic rings. The average molecular weight is 312 g/mol. The molecular weight excluding hydrogens is 296 g/mol. The second-order valence-electron chi connectivity index (χ2n) is 5.30. The molecule has 0 aliphatic carbocycles. The molecule has 1 aromatic carbocycles. The number of benzene rings is 1. The highest BCUT2D eigenvalue weighted by Crippen LogP contribution is 2.22. The van der Waals surface area contributed by atoms with Crippen LogP contribution < -0.4 is 0 Å². The van der Waals surface area contributed by atoms with Crippen molar-refractivity contribution < 1.29 is 9.90 Å². The molecule has 2 heterocycles. The minimum atomic E-state index is -1.00. The molecule has 0 spiro atoms. The summed E-state index contributed by atoms with van der Waals surface area (Å²) in [5.74, 6) is 1.75. The first-order valence-electron chi connectivity index (χ1n) is 7.05. The van der Waals surface area contributed by atoms with E-state index in [0.717, 1.165) is 0 Å².